The van der Waals surface area contributed by atoms with Crippen LogP contribution in [0.4, 0.5) is 8.78 Å². The number of carbonyl (C=O) groups is 2. The predicted octanol–water partition coefficient (Wildman–Crippen LogP) is 4.02. The molecule has 0 spiro atoms. The number of hydrogen-bond donors (Lipinski definition) is 0. The molecular weight excluding hydrogens is 318 g/mol. The first-order valence-electron chi connectivity index (χ1n) is 5.26. The van der Waals surface area contributed by atoms with Gasteiger partial charge >= 0.3 is 0 Å². The lowest BCUT2D eigenvalue weighted by Gasteiger charge is -2.11. The van der Waals surface area contributed by atoms with Gasteiger partial charge in [-0.05, 0) is 18.2 Å². The molecule has 2 aromatic carbocycles. The van der Waals surface area contributed by atoms with Crippen molar-refractivity contribution in [2.24, 2.45) is 0 Å². The average Bonchev–Trinajstić information content (AvgIpc) is 2.38. The van der Waals surface area contributed by atoms with Crippen LogP contribution < -0.4 is 0 Å². The van der Waals surface area contributed by atoms with Gasteiger partial charge < -0.3 is 0 Å². The smallest absolute Gasteiger partial charge is 0.150 e. The summed E-state index contributed by atoms with van der Waals surface area (Å²) in [4.78, 5) is 22.0. The molecule has 0 aliphatic rings. The SMILES string of the molecule is O=Cc1cccc(F)c1-c1c(F)cc(Br)cc1C=O. The van der Waals surface area contributed by atoms with E-state index in [0.29, 0.717) is 17.0 Å². The van der Waals surface area contributed by atoms with Crippen molar-refractivity contribution in [2.75, 3.05) is 0 Å². The minimum atomic E-state index is -0.773. The topological polar surface area (TPSA) is 34.1 Å². The Morgan fingerprint density at radius 1 is 0.895 bits per heavy atom. The molecule has 0 saturated heterocycles. The first-order chi connectivity index (χ1) is 9.08. The van der Waals surface area contributed by atoms with E-state index in [1.807, 2.05) is 0 Å². The van der Waals surface area contributed by atoms with E-state index in [9.17, 15) is 18.4 Å². The quantitative estimate of drug-likeness (QED) is 0.799. The van der Waals surface area contributed by atoms with Crippen LogP contribution in [0.1, 0.15) is 20.7 Å². The fourth-order valence-corrected chi connectivity index (χ4v) is 2.30. The highest BCUT2D eigenvalue weighted by Crippen LogP contribution is 2.33. The normalized spacial score (nSPS) is 10.3. The molecule has 2 aromatic rings. The van der Waals surface area contributed by atoms with Crippen molar-refractivity contribution < 1.29 is 18.4 Å². The van der Waals surface area contributed by atoms with Crippen LogP contribution in [-0.4, -0.2) is 12.6 Å². The van der Waals surface area contributed by atoms with Crippen LogP contribution in [0.25, 0.3) is 11.1 Å². The van der Waals surface area contributed by atoms with E-state index < -0.39 is 11.6 Å². The van der Waals surface area contributed by atoms with Crippen molar-refractivity contribution >= 4 is 28.5 Å². The summed E-state index contributed by atoms with van der Waals surface area (Å²) in [5, 5.41) is 0. The lowest BCUT2D eigenvalue weighted by atomic mass is 9.95. The highest BCUT2D eigenvalue weighted by atomic mass is 79.9. The zero-order valence-corrected chi connectivity index (χ0v) is 11.1. The van der Waals surface area contributed by atoms with Crippen LogP contribution in [0.5, 0.6) is 0 Å². The fraction of sp³-hybridized carbons (Fsp3) is 0. The maximum absolute atomic E-state index is 14.0. The van der Waals surface area contributed by atoms with Crippen molar-refractivity contribution in [2.45, 2.75) is 0 Å². The van der Waals surface area contributed by atoms with Crippen molar-refractivity contribution in [3.05, 3.63) is 57.6 Å². The lowest BCUT2D eigenvalue weighted by Crippen LogP contribution is -1.99. The van der Waals surface area contributed by atoms with E-state index >= 15 is 0 Å². The molecule has 96 valence electrons. The van der Waals surface area contributed by atoms with Gasteiger partial charge in [-0.3, -0.25) is 9.59 Å². The summed E-state index contributed by atoms with van der Waals surface area (Å²) in [6, 6.07) is 6.30. The summed E-state index contributed by atoms with van der Waals surface area (Å²) in [5.41, 5.74) is -0.451. The molecule has 0 aromatic heterocycles. The van der Waals surface area contributed by atoms with Crippen molar-refractivity contribution in [3.63, 3.8) is 0 Å². The van der Waals surface area contributed by atoms with E-state index in [-0.39, 0.29) is 22.3 Å². The van der Waals surface area contributed by atoms with Gasteiger partial charge in [0.25, 0.3) is 0 Å². The van der Waals surface area contributed by atoms with Crippen LogP contribution in [0.2, 0.25) is 0 Å². The summed E-state index contributed by atoms with van der Waals surface area (Å²) in [5.74, 6) is -1.53. The molecule has 0 N–H and O–H groups in total. The summed E-state index contributed by atoms with van der Waals surface area (Å²) in [7, 11) is 0. The summed E-state index contributed by atoms with van der Waals surface area (Å²) >= 11 is 3.05. The van der Waals surface area contributed by atoms with E-state index in [1.54, 1.807) is 0 Å². The Labute approximate surface area is 116 Å². The Hall–Kier alpha value is -1.88. The zero-order chi connectivity index (χ0) is 14.0. The van der Waals surface area contributed by atoms with E-state index in [0.717, 1.165) is 12.1 Å². The average molecular weight is 325 g/mol. The molecule has 0 unspecified atom stereocenters. The third-order valence-corrected chi connectivity index (χ3v) is 3.09. The van der Waals surface area contributed by atoms with E-state index in [1.165, 1.54) is 18.2 Å². The molecule has 0 bridgehead atoms. The maximum atomic E-state index is 14.0. The van der Waals surface area contributed by atoms with Crippen molar-refractivity contribution in [3.8, 4) is 11.1 Å². The van der Waals surface area contributed by atoms with Gasteiger partial charge in [0.2, 0.25) is 0 Å². The monoisotopic (exact) mass is 324 g/mol. The van der Waals surface area contributed by atoms with Crippen LogP contribution in [0, 0.1) is 11.6 Å². The van der Waals surface area contributed by atoms with Gasteiger partial charge in [0.1, 0.15) is 11.6 Å². The first kappa shape index (κ1) is 13.5. The van der Waals surface area contributed by atoms with Gasteiger partial charge in [-0.1, -0.05) is 28.1 Å². The Morgan fingerprint density at radius 2 is 1.53 bits per heavy atom. The Balaban J connectivity index is 2.86. The molecule has 0 aliphatic heterocycles. The second-order valence-electron chi connectivity index (χ2n) is 3.79. The zero-order valence-electron chi connectivity index (χ0n) is 9.49. The second-order valence-corrected chi connectivity index (χ2v) is 4.71. The third-order valence-electron chi connectivity index (χ3n) is 2.64. The van der Waals surface area contributed by atoms with Gasteiger partial charge in [0, 0.05) is 26.7 Å². The van der Waals surface area contributed by atoms with Crippen LogP contribution >= 0.6 is 15.9 Å². The van der Waals surface area contributed by atoms with E-state index in [2.05, 4.69) is 15.9 Å². The third kappa shape index (κ3) is 2.46. The second kappa shape index (κ2) is 5.40. The largest absolute Gasteiger partial charge is 0.298 e. The summed E-state index contributed by atoms with van der Waals surface area (Å²) in [6.45, 7) is 0. The molecule has 0 aliphatic carbocycles. The fourth-order valence-electron chi connectivity index (χ4n) is 1.85. The van der Waals surface area contributed by atoms with Gasteiger partial charge in [-0.15, -0.1) is 0 Å². The summed E-state index contributed by atoms with van der Waals surface area (Å²) in [6.07, 6.45) is 0.846. The minimum Gasteiger partial charge on any atom is -0.298 e. The van der Waals surface area contributed by atoms with Crippen LogP contribution in [0.3, 0.4) is 0 Å². The molecule has 0 heterocycles. The first-order valence-corrected chi connectivity index (χ1v) is 6.06. The molecule has 0 fully saturated rings. The number of hydrogen-bond acceptors (Lipinski definition) is 2. The highest BCUT2D eigenvalue weighted by Gasteiger charge is 2.18. The minimum absolute atomic E-state index is 0.00989. The maximum Gasteiger partial charge on any atom is 0.150 e. The molecule has 2 rings (SSSR count). The molecule has 0 atom stereocenters. The van der Waals surface area contributed by atoms with Crippen LogP contribution in [0.15, 0.2) is 34.8 Å². The highest BCUT2D eigenvalue weighted by molar-refractivity contribution is 9.10. The number of benzene rings is 2. The van der Waals surface area contributed by atoms with Gasteiger partial charge in [-0.25, -0.2) is 8.78 Å². The van der Waals surface area contributed by atoms with Gasteiger partial charge in [0.05, 0.1) is 0 Å². The number of aldehydes is 2. The Bertz CT molecular complexity index is 669. The van der Waals surface area contributed by atoms with Crippen molar-refractivity contribution in [1.29, 1.82) is 0 Å². The molecular formula is C14H7BrF2O2. The molecule has 0 radical (unpaired) electrons. The lowest BCUT2D eigenvalue weighted by molar-refractivity contribution is 0.111. The van der Waals surface area contributed by atoms with E-state index in [4.69, 9.17) is 0 Å². The number of halogens is 3. The standard InChI is InChI=1S/C14H7BrF2O2/c15-10-4-9(7-19)14(12(17)5-10)13-8(6-18)2-1-3-11(13)16/h1-7H. The molecule has 5 heteroatoms. The van der Waals surface area contributed by atoms with Gasteiger partial charge in [0.15, 0.2) is 12.6 Å². The molecule has 0 saturated carbocycles. The van der Waals surface area contributed by atoms with Crippen molar-refractivity contribution in [1.82, 2.24) is 0 Å². The Kier molecular flexibility index (Phi) is 3.85. The van der Waals surface area contributed by atoms with Crippen LogP contribution in [-0.2, 0) is 0 Å². The molecule has 2 nitrogen and oxygen atoms in total. The molecule has 0 amide bonds. The number of carbonyl (C=O) groups excluding carboxylic acids is 2. The summed E-state index contributed by atoms with van der Waals surface area (Å²) < 4.78 is 28.2. The number of rotatable bonds is 3. The van der Waals surface area contributed by atoms with Gasteiger partial charge in [-0.2, -0.15) is 0 Å². The Morgan fingerprint density at radius 3 is 2.16 bits per heavy atom. The molecule has 19 heavy (non-hydrogen) atoms. The predicted molar refractivity (Wildman–Crippen MR) is 70.3 cm³/mol.